The Hall–Kier alpha value is -2.74. The zero-order valence-corrected chi connectivity index (χ0v) is 18.4. The number of hydrogen-bond acceptors (Lipinski definition) is 9. The molecule has 1 fully saturated rings. The van der Waals surface area contributed by atoms with Gasteiger partial charge >= 0.3 is 16.4 Å². The van der Waals surface area contributed by atoms with Crippen LogP contribution < -0.4 is 8.92 Å². The molecule has 1 saturated heterocycles. The molecule has 1 aliphatic heterocycles. The molecule has 11 nitrogen and oxygen atoms in total. The van der Waals surface area contributed by atoms with Crippen molar-refractivity contribution >= 4 is 16.4 Å². The lowest BCUT2D eigenvalue weighted by Crippen LogP contribution is -2.61. The summed E-state index contributed by atoms with van der Waals surface area (Å²) >= 11 is 0. The maximum Gasteiger partial charge on any atom is 0.446 e. The predicted octanol–water partition coefficient (Wildman–Crippen LogP) is 0.465. The van der Waals surface area contributed by atoms with Crippen molar-refractivity contribution in [2.24, 2.45) is 0 Å². The largest absolute Gasteiger partial charge is 0.479 e. The number of aliphatic hydroxyl groups excluding tert-OH is 3. The Morgan fingerprint density at radius 3 is 1.82 bits per heavy atom. The highest BCUT2D eigenvalue weighted by Crippen LogP contribution is 2.34. The Labute approximate surface area is 189 Å². The van der Waals surface area contributed by atoms with Gasteiger partial charge in [-0.05, 0) is 35.4 Å². The van der Waals surface area contributed by atoms with Crippen LogP contribution in [0.1, 0.15) is 25.0 Å². The molecular formula is C21H24O11S. The molecule has 33 heavy (non-hydrogen) atoms. The van der Waals surface area contributed by atoms with E-state index in [1.807, 2.05) is 13.8 Å². The SMILES string of the molecule is CC(C)(c1ccc(O[C@@H]2O[C@H](C(=O)O)[C@@H](O)[C@H](O)[C@H]2O)cc1)c1ccc(OS(=O)(=O)O)cc1. The summed E-state index contributed by atoms with van der Waals surface area (Å²) in [5.41, 5.74) is 1.11. The van der Waals surface area contributed by atoms with Crippen molar-refractivity contribution in [3.63, 3.8) is 0 Å². The summed E-state index contributed by atoms with van der Waals surface area (Å²) in [6.07, 6.45) is -8.53. The van der Waals surface area contributed by atoms with Gasteiger partial charge in [0.15, 0.2) is 6.10 Å². The number of aliphatic carboxylic acids is 1. The Morgan fingerprint density at radius 1 is 0.879 bits per heavy atom. The van der Waals surface area contributed by atoms with E-state index in [2.05, 4.69) is 4.18 Å². The van der Waals surface area contributed by atoms with E-state index >= 15 is 0 Å². The second-order valence-electron chi connectivity index (χ2n) is 8.04. The van der Waals surface area contributed by atoms with E-state index in [-0.39, 0.29) is 11.5 Å². The zero-order chi connectivity index (χ0) is 24.6. The van der Waals surface area contributed by atoms with Crippen LogP contribution >= 0.6 is 0 Å². The van der Waals surface area contributed by atoms with E-state index in [0.717, 1.165) is 11.1 Å². The van der Waals surface area contributed by atoms with Crippen LogP contribution in [0.3, 0.4) is 0 Å². The molecule has 5 N–H and O–H groups in total. The molecule has 12 heteroatoms. The number of carbonyl (C=O) groups is 1. The quantitative estimate of drug-likeness (QED) is 0.345. The summed E-state index contributed by atoms with van der Waals surface area (Å²) in [5, 5.41) is 38.8. The number of aliphatic hydroxyl groups is 3. The first-order valence-corrected chi connectivity index (χ1v) is 11.1. The molecule has 1 heterocycles. The lowest BCUT2D eigenvalue weighted by atomic mass is 9.78. The Bertz CT molecular complexity index is 1080. The third kappa shape index (κ3) is 5.61. The molecule has 5 atom stereocenters. The number of rotatable bonds is 7. The number of carboxylic acid groups (broad SMARTS) is 1. The van der Waals surface area contributed by atoms with Crippen molar-refractivity contribution in [1.82, 2.24) is 0 Å². The molecule has 0 radical (unpaired) electrons. The lowest BCUT2D eigenvalue weighted by Gasteiger charge is -2.38. The molecule has 0 spiro atoms. The highest BCUT2D eigenvalue weighted by atomic mass is 32.3. The monoisotopic (exact) mass is 484 g/mol. The second kappa shape index (κ2) is 9.25. The molecule has 2 aromatic rings. The number of ether oxygens (including phenoxy) is 2. The summed E-state index contributed by atoms with van der Waals surface area (Å²) in [6.45, 7) is 3.84. The van der Waals surface area contributed by atoms with Gasteiger partial charge in [0.2, 0.25) is 6.29 Å². The fourth-order valence-corrected chi connectivity index (χ4v) is 3.80. The second-order valence-corrected chi connectivity index (χ2v) is 9.06. The Balaban J connectivity index is 1.74. The third-order valence-electron chi connectivity index (χ3n) is 5.42. The topological polar surface area (TPSA) is 180 Å². The average Bonchev–Trinajstić information content (AvgIpc) is 2.73. The van der Waals surface area contributed by atoms with Crippen LogP contribution in [0.5, 0.6) is 11.5 Å². The van der Waals surface area contributed by atoms with Gasteiger partial charge in [-0.1, -0.05) is 38.1 Å². The van der Waals surface area contributed by atoms with Crippen molar-refractivity contribution in [3.05, 3.63) is 59.7 Å². The number of benzene rings is 2. The maximum absolute atomic E-state index is 11.2. The lowest BCUT2D eigenvalue weighted by molar-refractivity contribution is -0.271. The van der Waals surface area contributed by atoms with E-state index in [1.165, 1.54) is 12.1 Å². The molecule has 0 saturated carbocycles. The van der Waals surface area contributed by atoms with Crippen LogP contribution in [0, 0.1) is 0 Å². The van der Waals surface area contributed by atoms with Crippen LogP contribution in [0.4, 0.5) is 0 Å². The van der Waals surface area contributed by atoms with E-state index in [0.29, 0.717) is 0 Å². The normalized spacial score (nSPS) is 25.9. The summed E-state index contributed by atoms with van der Waals surface area (Å²) in [5.74, 6) is -1.32. The molecule has 0 bridgehead atoms. The molecule has 0 amide bonds. The standard InChI is InChI=1S/C21H24O11S/c1-21(2,12-5-9-14(10-6-12)32-33(27,28)29)11-3-7-13(8-4-11)30-20-17(24)15(22)16(23)18(31-20)19(25)26/h3-10,15-18,20,22-24H,1-2H3,(H,25,26)(H,27,28,29)/t15-,16-,17+,18-,20+/m0/s1. The van der Waals surface area contributed by atoms with Crippen molar-refractivity contribution in [1.29, 1.82) is 0 Å². The van der Waals surface area contributed by atoms with Crippen LogP contribution in [-0.4, -0.2) is 70.1 Å². The van der Waals surface area contributed by atoms with Gasteiger partial charge < -0.3 is 34.1 Å². The number of carboxylic acids is 1. The van der Waals surface area contributed by atoms with Crippen LogP contribution in [0.25, 0.3) is 0 Å². The Kier molecular flexibility index (Phi) is 6.98. The summed E-state index contributed by atoms with van der Waals surface area (Å²) in [6, 6.07) is 12.7. The van der Waals surface area contributed by atoms with E-state index in [1.54, 1.807) is 36.4 Å². The molecule has 0 aliphatic carbocycles. The van der Waals surface area contributed by atoms with E-state index in [4.69, 9.17) is 19.1 Å². The summed E-state index contributed by atoms with van der Waals surface area (Å²) in [4.78, 5) is 11.2. The van der Waals surface area contributed by atoms with Gasteiger partial charge in [0.1, 0.15) is 29.8 Å². The minimum absolute atomic E-state index is 0.0428. The van der Waals surface area contributed by atoms with E-state index < -0.39 is 52.5 Å². The smallest absolute Gasteiger partial charge is 0.446 e. The average molecular weight is 484 g/mol. The van der Waals surface area contributed by atoms with Crippen molar-refractivity contribution < 1.29 is 51.8 Å². The first-order chi connectivity index (χ1) is 15.3. The molecule has 2 aromatic carbocycles. The van der Waals surface area contributed by atoms with Crippen molar-refractivity contribution in [2.75, 3.05) is 0 Å². The maximum atomic E-state index is 11.2. The van der Waals surface area contributed by atoms with Gasteiger partial charge in [0.25, 0.3) is 0 Å². The minimum atomic E-state index is -4.62. The molecule has 1 aliphatic rings. The number of hydrogen-bond donors (Lipinski definition) is 5. The third-order valence-corrected chi connectivity index (χ3v) is 5.82. The highest BCUT2D eigenvalue weighted by Gasteiger charge is 2.48. The first-order valence-electron chi connectivity index (χ1n) is 9.76. The van der Waals surface area contributed by atoms with Crippen LogP contribution in [0.15, 0.2) is 48.5 Å². The molecule has 3 rings (SSSR count). The fraction of sp³-hybridized carbons (Fsp3) is 0.381. The van der Waals surface area contributed by atoms with Crippen molar-refractivity contribution in [2.45, 2.75) is 50.0 Å². The zero-order valence-electron chi connectivity index (χ0n) is 17.6. The van der Waals surface area contributed by atoms with E-state index in [9.17, 15) is 28.5 Å². The fourth-order valence-electron chi connectivity index (χ4n) is 3.45. The molecule has 180 valence electrons. The minimum Gasteiger partial charge on any atom is -0.479 e. The first kappa shape index (κ1) is 24.9. The molecular weight excluding hydrogens is 460 g/mol. The van der Waals surface area contributed by atoms with Crippen molar-refractivity contribution in [3.8, 4) is 11.5 Å². The van der Waals surface area contributed by atoms with Gasteiger partial charge in [-0.25, -0.2) is 4.79 Å². The van der Waals surface area contributed by atoms with Gasteiger partial charge in [-0.15, -0.1) is 0 Å². The molecule has 0 aromatic heterocycles. The van der Waals surface area contributed by atoms with Gasteiger partial charge in [0, 0.05) is 5.41 Å². The van der Waals surface area contributed by atoms with Gasteiger partial charge in [-0.3, -0.25) is 4.55 Å². The molecule has 0 unspecified atom stereocenters. The Morgan fingerprint density at radius 2 is 1.36 bits per heavy atom. The summed E-state index contributed by atoms with van der Waals surface area (Å²) in [7, 11) is -4.62. The van der Waals surface area contributed by atoms with Gasteiger partial charge in [-0.2, -0.15) is 8.42 Å². The highest BCUT2D eigenvalue weighted by molar-refractivity contribution is 7.81. The predicted molar refractivity (Wildman–Crippen MR) is 112 cm³/mol. The van der Waals surface area contributed by atoms with Crippen LogP contribution in [-0.2, 0) is 25.3 Å². The van der Waals surface area contributed by atoms with Crippen LogP contribution in [0.2, 0.25) is 0 Å². The summed E-state index contributed by atoms with van der Waals surface area (Å²) < 4.78 is 45.4. The van der Waals surface area contributed by atoms with Gasteiger partial charge in [0.05, 0.1) is 0 Å².